The normalized spacial score (nSPS) is 11.0. The van der Waals surface area contributed by atoms with Gasteiger partial charge in [0.1, 0.15) is 31.2 Å². The first kappa shape index (κ1) is 64.2. The lowest BCUT2D eigenvalue weighted by atomic mass is 10.0. The minimum Gasteiger partial charge on any atom is -0.491 e. The first-order valence-electron chi connectivity index (χ1n) is 21.2. The van der Waals surface area contributed by atoms with Crippen LogP contribution in [0.25, 0.3) is 0 Å². The highest BCUT2D eigenvalue weighted by molar-refractivity contribution is 5.69. The molecule has 0 radical (unpaired) electrons. The Hall–Kier alpha value is -1.95. The van der Waals surface area contributed by atoms with Crippen molar-refractivity contribution in [1.29, 1.82) is 0 Å². The van der Waals surface area contributed by atoms with Gasteiger partial charge in [0.25, 0.3) is 0 Å². The summed E-state index contributed by atoms with van der Waals surface area (Å²) in [5, 5.41) is 67.0. The standard InChI is InChI=1S/C19H32O4.C6H14O3.C6H12O3.C6H14O2.2C3H8O/c1-2-3-4-5-6-7-8-17-9-11-19(12-10-17)23-14-13-22-16-18(21)15-20;1-2-3-9-5-6(8)4-7;1-2-3-6(8)9-5-4-7;1-2-5-8-6-3-4-7;2*1-2-3-4/h9-12,18,20-21H,2-8,13-16H2,1H3;6-8H,2-5H2,1H3;7H,2-5H2,1H3;7H,2-6H2,1H3;2*4H,2-3H2,1H3. The van der Waals surface area contributed by atoms with Gasteiger partial charge in [0.2, 0.25) is 0 Å². The molecule has 2 unspecified atom stereocenters. The number of benzene rings is 1. The molecule has 0 aromatic heterocycles. The topological polar surface area (TPSA) is 225 Å². The number of aliphatic hydroxyl groups excluding tert-OH is 8. The van der Waals surface area contributed by atoms with E-state index in [4.69, 9.17) is 59.8 Å². The van der Waals surface area contributed by atoms with Crippen molar-refractivity contribution in [2.75, 3.05) is 92.5 Å². The van der Waals surface area contributed by atoms with Crippen molar-refractivity contribution in [2.24, 2.45) is 0 Å². The van der Waals surface area contributed by atoms with E-state index >= 15 is 0 Å². The predicted molar refractivity (Wildman–Crippen MR) is 228 cm³/mol. The Balaban J connectivity index is -0.000000219. The lowest BCUT2D eigenvalue weighted by Gasteiger charge is -2.10. The quantitative estimate of drug-likeness (QED) is 0.0378. The van der Waals surface area contributed by atoms with E-state index in [1.165, 1.54) is 44.1 Å². The van der Waals surface area contributed by atoms with E-state index < -0.39 is 12.2 Å². The zero-order valence-corrected chi connectivity index (χ0v) is 36.8. The second-order valence-electron chi connectivity index (χ2n) is 12.7. The average Bonchev–Trinajstić information content (AvgIpc) is 3.24. The number of hydrogen-bond acceptors (Lipinski definition) is 14. The first-order valence-corrected chi connectivity index (χ1v) is 21.2. The van der Waals surface area contributed by atoms with E-state index in [1.807, 2.05) is 39.8 Å². The zero-order chi connectivity index (χ0) is 44.0. The molecule has 57 heavy (non-hydrogen) atoms. The highest BCUT2D eigenvalue weighted by Gasteiger charge is 2.02. The molecule has 0 fully saturated rings. The molecule has 8 N–H and O–H groups in total. The maximum atomic E-state index is 10.5. The summed E-state index contributed by atoms with van der Waals surface area (Å²) in [6, 6.07) is 8.24. The molecule has 0 amide bonds. The molecule has 0 spiro atoms. The van der Waals surface area contributed by atoms with Crippen molar-refractivity contribution in [3.8, 4) is 5.75 Å². The molecule has 1 aromatic carbocycles. The highest BCUT2D eigenvalue weighted by Crippen LogP contribution is 2.15. The van der Waals surface area contributed by atoms with Crippen LogP contribution < -0.4 is 4.74 Å². The van der Waals surface area contributed by atoms with Gasteiger partial charge < -0.3 is 64.5 Å². The van der Waals surface area contributed by atoms with Gasteiger partial charge in [0.15, 0.2) is 0 Å². The van der Waals surface area contributed by atoms with Crippen LogP contribution in [0.3, 0.4) is 0 Å². The lowest BCUT2D eigenvalue weighted by molar-refractivity contribution is -0.144. The van der Waals surface area contributed by atoms with Crippen molar-refractivity contribution in [3.05, 3.63) is 29.8 Å². The van der Waals surface area contributed by atoms with E-state index in [1.54, 1.807) is 0 Å². The Morgan fingerprint density at radius 2 is 1.02 bits per heavy atom. The van der Waals surface area contributed by atoms with Crippen LogP contribution in [0.15, 0.2) is 24.3 Å². The highest BCUT2D eigenvalue weighted by atomic mass is 16.5. The summed E-state index contributed by atoms with van der Waals surface area (Å²) in [5.74, 6) is 0.606. The van der Waals surface area contributed by atoms with E-state index in [-0.39, 0.29) is 52.2 Å². The molecule has 2 atom stereocenters. The molecule has 14 heteroatoms. The van der Waals surface area contributed by atoms with Crippen molar-refractivity contribution in [2.45, 2.75) is 144 Å². The van der Waals surface area contributed by atoms with Crippen LogP contribution in [-0.4, -0.2) is 152 Å². The molecule has 0 aliphatic rings. The zero-order valence-electron chi connectivity index (χ0n) is 36.8. The molecule has 14 nitrogen and oxygen atoms in total. The molecular weight excluding hydrogens is 740 g/mol. The van der Waals surface area contributed by atoms with E-state index in [2.05, 4.69) is 30.7 Å². The number of rotatable bonds is 30. The van der Waals surface area contributed by atoms with Crippen LogP contribution in [0.5, 0.6) is 5.75 Å². The predicted octanol–water partition coefficient (Wildman–Crippen LogP) is 5.00. The van der Waals surface area contributed by atoms with Crippen molar-refractivity contribution < 1.29 is 69.3 Å². The van der Waals surface area contributed by atoms with E-state index in [9.17, 15) is 4.79 Å². The molecule has 0 bridgehead atoms. The summed E-state index contributed by atoms with van der Waals surface area (Å²) in [4.78, 5) is 10.5. The third kappa shape index (κ3) is 66.1. The number of unbranched alkanes of at least 4 members (excludes halogenated alkanes) is 5. The Morgan fingerprint density at radius 3 is 1.47 bits per heavy atom. The summed E-state index contributed by atoms with van der Waals surface area (Å²) in [5.41, 5.74) is 1.36. The number of carbonyl (C=O) groups is 1. The number of aliphatic hydroxyl groups is 8. The van der Waals surface area contributed by atoms with Crippen LogP contribution in [0.2, 0.25) is 0 Å². The molecule has 1 aromatic rings. The maximum Gasteiger partial charge on any atom is 0.305 e. The number of carbonyl (C=O) groups excluding carboxylic acids is 1. The van der Waals surface area contributed by atoms with Gasteiger partial charge in [-0.3, -0.25) is 4.79 Å². The van der Waals surface area contributed by atoms with Gasteiger partial charge in [-0.15, -0.1) is 0 Å². The largest absolute Gasteiger partial charge is 0.491 e. The van der Waals surface area contributed by atoms with Crippen molar-refractivity contribution in [3.63, 3.8) is 0 Å². The summed E-state index contributed by atoms with van der Waals surface area (Å²) < 4.78 is 25.3. The van der Waals surface area contributed by atoms with Gasteiger partial charge in [-0.1, -0.05) is 85.8 Å². The van der Waals surface area contributed by atoms with Gasteiger partial charge in [0.05, 0.1) is 39.6 Å². The Morgan fingerprint density at radius 1 is 0.509 bits per heavy atom. The number of esters is 1. The molecule has 0 aliphatic carbocycles. The second-order valence-corrected chi connectivity index (χ2v) is 12.7. The SMILES string of the molecule is CCCC(=O)OCCO.CCCCCCCCc1ccc(OCCOCC(O)CO)cc1.CCCO.CCCO.CCCOCC(O)CO.CCCOCCCO. The number of hydrogen-bond donors (Lipinski definition) is 8. The average molecular weight is 829 g/mol. The van der Waals surface area contributed by atoms with Gasteiger partial charge in [-0.2, -0.15) is 0 Å². The summed E-state index contributed by atoms with van der Waals surface area (Å²) in [6.45, 7) is 15.9. The Labute approximate surface area is 346 Å². The van der Waals surface area contributed by atoms with E-state index in [0.717, 1.165) is 57.3 Å². The van der Waals surface area contributed by atoms with Crippen LogP contribution >= 0.6 is 0 Å². The van der Waals surface area contributed by atoms with Crippen molar-refractivity contribution >= 4 is 5.97 Å². The van der Waals surface area contributed by atoms with Crippen LogP contribution in [-0.2, 0) is 30.2 Å². The smallest absolute Gasteiger partial charge is 0.305 e. The van der Waals surface area contributed by atoms with Crippen LogP contribution in [0.1, 0.15) is 131 Å². The monoisotopic (exact) mass is 829 g/mol. The molecule has 0 saturated heterocycles. The number of aryl methyl sites for hydroxylation is 1. The molecule has 0 heterocycles. The third-order valence-corrected chi connectivity index (χ3v) is 6.68. The van der Waals surface area contributed by atoms with Crippen LogP contribution in [0, 0.1) is 0 Å². The summed E-state index contributed by atoms with van der Waals surface area (Å²) in [6.07, 6.45) is 13.3. The third-order valence-electron chi connectivity index (χ3n) is 6.68. The fourth-order valence-corrected chi connectivity index (χ4v) is 3.62. The van der Waals surface area contributed by atoms with Gasteiger partial charge in [-0.05, 0) is 69.1 Å². The number of ether oxygens (including phenoxy) is 5. The van der Waals surface area contributed by atoms with E-state index in [0.29, 0.717) is 46.1 Å². The molecule has 0 saturated carbocycles. The van der Waals surface area contributed by atoms with Gasteiger partial charge in [-0.25, -0.2) is 0 Å². The minimum absolute atomic E-state index is 0.0878. The Bertz CT molecular complexity index is 804. The summed E-state index contributed by atoms with van der Waals surface area (Å²) >= 11 is 0. The van der Waals surface area contributed by atoms with Crippen molar-refractivity contribution in [1.82, 2.24) is 0 Å². The fourth-order valence-electron chi connectivity index (χ4n) is 3.62. The maximum absolute atomic E-state index is 10.5. The second kappa shape index (κ2) is 60.7. The summed E-state index contributed by atoms with van der Waals surface area (Å²) in [7, 11) is 0. The van der Waals surface area contributed by atoms with Gasteiger partial charge >= 0.3 is 5.97 Å². The first-order chi connectivity index (χ1) is 27.6. The Kier molecular flexibility index (Phi) is 68.4. The lowest BCUT2D eigenvalue weighted by Crippen LogP contribution is -2.21. The molecular formula is C43H88O14. The van der Waals surface area contributed by atoms with Crippen LogP contribution in [0.4, 0.5) is 0 Å². The molecule has 1 rings (SSSR count). The molecule has 0 aliphatic heterocycles. The molecule has 344 valence electrons. The fraction of sp³-hybridized carbons (Fsp3) is 0.837. The minimum atomic E-state index is -0.809. The van der Waals surface area contributed by atoms with Gasteiger partial charge in [0, 0.05) is 46.1 Å².